The van der Waals surface area contributed by atoms with Crippen molar-refractivity contribution in [3.05, 3.63) is 155 Å². The predicted molar refractivity (Wildman–Crippen MR) is 196 cm³/mol. The molecule has 0 aliphatic carbocycles. The minimum atomic E-state index is -4.57. The summed E-state index contributed by atoms with van der Waals surface area (Å²) >= 11 is 0. The van der Waals surface area contributed by atoms with Crippen molar-refractivity contribution in [2.45, 2.75) is 50.6 Å². The van der Waals surface area contributed by atoms with E-state index in [1.807, 2.05) is 72.8 Å². The van der Waals surface area contributed by atoms with Crippen LogP contribution in [0.5, 0.6) is 11.8 Å². The van der Waals surface area contributed by atoms with E-state index in [1.54, 1.807) is 35.4 Å². The molecule has 1 fully saturated rings. The molecule has 0 bridgehead atoms. The van der Waals surface area contributed by atoms with Crippen molar-refractivity contribution in [3.8, 4) is 22.9 Å². The smallest absolute Gasteiger partial charge is 0.416 e. The Morgan fingerprint density at radius 2 is 1.42 bits per heavy atom. The van der Waals surface area contributed by atoms with Gasteiger partial charge in [-0.05, 0) is 65.1 Å². The van der Waals surface area contributed by atoms with Crippen LogP contribution in [-0.4, -0.2) is 39.2 Å². The largest absolute Gasteiger partial charge is 0.473 e. The van der Waals surface area contributed by atoms with E-state index in [0.29, 0.717) is 51.5 Å². The molecule has 2 aromatic heterocycles. The monoisotopic (exact) mass is 757 g/mol. The van der Waals surface area contributed by atoms with E-state index in [1.165, 1.54) is 12.1 Å². The van der Waals surface area contributed by atoms with Crippen LogP contribution in [0.3, 0.4) is 0 Å². The Labute approximate surface area is 314 Å². The van der Waals surface area contributed by atoms with E-state index in [2.05, 4.69) is 9.97 Å². The Balaban J connectivity index is 1.16. The molecule has 6 nitrogen and oxygen atoms in total. The number of nitrogens with zero attached hydrogens (tertiary/aromatic N) is 3. The average Bonchev–Trinajstić information content (AvgIpc) is 3.17. The van der Waals surface area contributed by atoms with Gasteiger partial charge < -0.3 is 14.6 Å². The van der Waals surface area contributed by atoms with Crippen molar-refractivity contribution in [1.29, 1.82) is 0 Å². The van der Waals surface area contributed by atoms with E-state index in [9.17, 15) is 31.4 Å². The predicted octanol–water partition coefficient (Wildman–Crippen LogP) is 10.1. The SMILES string of the molecule is OC1(c2ccc3ncc(-c4ccc(OCc5ccccc5)nc4OCc4ccccc4)cc3c2)CCN(Cc2ccc(C(F)(F)F)cc2)CC1CC(F)(F)F. The fourth-order valence-electron chi connectivity index (χ4n) is 7.02. The molecule has 284 valence electrons. The van der Waals surface area contributed by atoms with E-state index in [0.717, 1.165) is 23.3 Å². The van der Waals surface area contributed by atoms with Gasteiger partial charge >= 0.3 is 12.4 Å². The number of fused-ring (bicyclic) bond motifs is 1. The summed E-state index contributed by atoms with van der Waals surface area (Å²) in [7, 11) is 0. The number of benzene rings is 4. The Hall–Kier alpha value is -5.46. The number of hydrogen-bond donors (Lipinski definition) is 1. The fraction of sp³-hybridized carbons (Fsp3) is 0.256. The first-order valence-electron chi connectivity index (χ1n) is 17.8. The number of aromatic nitrogens is 2. The number of hydrogen-bond acceptors (Lipinski definition) is 6. The van der Waals surface area contributed by atoms with Crippen molar-refractivity contribution in [1.82, 2.24) is 14.9 Å². The van der Waals surface area contributed by atoms with Gasteiger partial charge in [-0.15, -0.1) is 0 Å². The van der Waals surface area contributed by atoms with Crippen molar-refractivity contribution >= 4 is 10.9 Å². The first-order chi connectivity index (χ1) is 26.3. The summed E-state index contributed by atoms with van der Waals surface area (Å²) in [4.78, 5) is 11.1. The third-order valence-corrected chi connectivity index (χ3v) is 9.90. The molecule has 0 amide bonds. The minimum absolute atomic E-state index is 0.0150. The standard InChI is InChI=1S/C43H37F6N3O3/c44-42(45,46)23-36-26-52(25-29-11-13-34(14-12-29)43(47,48)49)20-19-41(36,53)35-15-17-38-32(22-35)21-33(24-50-38)37-16-18-39(54-27-30-7-3-1-4-8-30)51-40(37)55-28-31-9-5-2-6-10-31/h1-18,21-22,24,36,53H,19-20,23,25-28H2. The molecule has 4 aromatic carbocycles. The van der Waals surface area contributed by atoms with Crippen LogP contribution in [-0.2, 0) is 31.5 Å². The van der Waals surface area contributed by atoms with Crippen LogP contribution in [0.15, 0.2) is 128 Å². The normalized spacial score (nSPS) is 18.0. The molecule has 1 aliphatic rings. The van der Waals surface area contributed by atoms with Crippen molar-refractivity contribution < 1.29 is 40.9 Å². The van der Waals surface area contributed by atoms with E-state index < -0.39 is 35.9 Å². The molecule has 1 saturated heterocycles. The quantitative estimate of drug-likeness (QED) is 0.133. The highest BCUT2D eigenvalue weighted by Gasteiger charge is 2.48. The number of halogens is 6. The van der Waals surface area contributed by atoms with Gasteiger partial charge in [0.2, 0.25) is 11.8 Å². The molecule has 0 saturated carbocycles. The molecule has 1 N–H and O–H groups in total. The second-order valence-corrected chi connectivity index (χ2v) is 13.8. The minimum Gasteiger partial charge on any atom is -0.473 e. The van der Waals surface area contributed by atoms with Gasteiger partial charge in [-0.3, -0.25) is 9.88 Å². The zero-order chi connectivity index (χ0) is 38.6. The topological polar surface area (TPSA) is 67.7 Å². The average molecular weight is 758 g/mol. The highest BCUT2D eigenvalue weighted by atomic mass is 19.4. The van der Waals surface area contributed by atoms with Gasteiger partial charge in [0, 0.05) is 54.3 Å². The lowest BCUT2D eigenvalue weighted by molar-refractivity contribution is -0.180. The van der Waals surface area contributed by atoms with Gasteiger partial charge in [0.15, 0.2) is 0 Å². The van der Waals surface area contributed by atoms with Crippen LogP contribution < -0.4 is 9.47 Å². The maximum atomic E-state index is 14.0. The molecule has 6 aromatic rings. The fourth-order valence-corrected chi connectivity index (χ4v) is 7.02. The Morgan fingerprint density at radius 1 is 0.745 bits per heavy atom. The second kappa shape index (κ2) is 15.7. The highest BCUT2D eigenvalue weighted by molar-refractivity contribution is 5.85. The number of rotatable bonds is 11. The summed E-state index contributed by atoms with van der Waals surface area (Å²) in [5.74, 6) is -0.583. The summed E-state index contributed by atoms with van der Waals surface area (Å²) in [6.07, 6.45) is -8.65. The number of piperidine rings is 1. The molecule has 2 unspecified atom stereocenters. The van der Waals surface area contributed by atoms with Crippen molar-refractivity contribution in [2.24, 2.45) is 5.92 Å². The van der Waals surface area contributed by atoms with Crippen LogP contribution in [0.1, 0.15) is 40.7 Å². The second-order valence-electron chi connectivity index (χ2n) is 13.8. The highest BCUT2D eigenvalue weighted by Crippen LogP contribution is 2.44. The number of likely N-dealkylation sites (tertiary alicyclic amines) is 1. The van der Waals surface area contributed by atoms with Crippen LogP contribution in [0.4, 0.5) is 26.3 Å². The summed E-state index contributed by atoms with van der Waals surface area (Å²) < 4.78 is 93.4. The Kier molecular flexibility index (Phi) is 10.8. The lowest BCUT2D eigenvalue weighted by Gasteiger charge is -2.45. The zero-order valence-corrected chi connectivity index (χ0v) is 29.5. The third kappa shape index (κ3) is 9.26. The lowest BCUT2D eigenvalue weighted by Crippen LogP contribution is -2.51. The number of alkyl halides is 6. The van der Waals surface area contributed by atoms with Gasteiger partial charge in [-0.2, -0.15) is 31.3 Å². The maximum Gasteiger partial charge on any atom is 0.416 e. The zero-order valence-electron chi connectivity index (χ0n) is 29.5. The molecule has 12 heteroatoms. The Bertz CT molecular complexity index is 2220. The molecule has 0 radical (unpaired) electrons. The van der Waals surface area contributed by atoms with Gasteiger partial charge in [-0.1, -0.05) is 78.9 Å². The molecular weight excluding hydrogens is 720 g/mol. The summed E-state index contributed by atoms with van der Waals surface area (Å²) in [5, 5.41) is 12.7. The summed E-state index contributed by atoms with van der Waals surface area (Å²) in [6, 6.07) is 34.2. The molecular formula is C43H37F6N3O3. The van der Waals surface area contributed by atoms with E-state index in [4.69, 9.17) is 9.47 Å². The molecule has 7 rings (SSSR count). The van der Waals surface area contributed by atoms with Gasteiger partial charge in [0.1, 0.15) is 13.2 Å². The van der Waals surface area contributed by atoms with Gasteiger partial charge in [-0.25, -0.2) is 0 Å². The Morgan fingerprint density at radius 3 is 2.07 bits per heavy atom. The molecule has 2 atom stereocenters. The van der Waals surface area contributed by atoms with Crippen LogP contribution in [0, 0.1) is 5.92 Å². The third-order valence-electron chi connectivity index (χ3n) is 9.90. The molecule has 3 heterocycles. The van der Waals surface area contributed by atoms with E-state index >= 15 is 0 Å². The van der Waals surface area contributed by atoms with Crippen molar-refractivity contribution in [2.75, 3.05) is 13.1 Å². The first-order valence-corrected chi connectivity index (χ1v) is 17.8. The van der Waals surface area contributed by atoms with Crippen LogP contribution in [0.25, 0.3) is 22.0 Å². The maximum absolute atomic E-state index is 14.0. The lowest BCUT2D eigenvalue weighted by atomic mass is 9.74. The summed E-state index contributed by atoms with van der Waals surface area (Å²) in [6.45, 7) is 0.801. The summed E-state index contributed by atoms with van der Waals surface area (Å²) in [5.41, 5.74) is 1.96. The number of pyridine rings is 2. The van der Waals surface area contributed by atoms with Gasteiger partial charge in [0.25, 0.3) is 0 Å². The van der Waals surface area contributed by atoms with Crippen LogP contribution >= 0.6 is 0 Å². The number of ether oxygens (including phenoxy) is 2. The van der Waals surface area contributed by atoms with Crippen LogP contribution in [0.2, 0.25) is 0 Å². The first kappa shape index (κ1) is 37.8. The number of aliphatic hydroxyl groups is 1. The van der Waals surface area contributed by atoms with Gasteiger partial charge in [0.05, 0.1) is 23.1 Å². The van der Waals surface area contributed by atoms with E-state index in [-0.39, 0.29) is 32.7 Å². The molecule has 0 spiro atoms. The van der Waals surface area contributed by atoms with Crippen molar-refractivity contribution in [3.63, 3.8) is 0 Å². The molecule has 1 aliphatic heterocycles. The molecule has 55 heavy (non-hydrogen) atoms.